The van der Waals surface area contributed by atoms with Gasteiger partial charge in [-0.05, 0) is 70.2 Å². The van der Waals surface area contributed by atoms with Crippen molar-refractivity contribution in [3.8, 4) is 5.75 Å². The van der Waals surface area contributed by atoms with E-state index < -0.39 is 17.9 Å². The Labute approximate surface area is 226 Å². The Bertz CT molecular complexity index is 1110. The first-order valence-electron chi connectivity index (χ1n) is 13.4. The number of benzene rings is 2. The summed E-state index contributed by atoms with van der Waals surface area (Å²) in [5, 5.41) is 9.41. The molecule has 0 aromatic heterocycles. The summed E-state index contributed by atoms with van der Waals surface area (Å²) in [6.07, 6.45) is 6.67. The Kier molecular flexibility index (Phi) is 10.8. The second kappa shape index (κ2) is 14.0. The second-order valence-electron chi connectivity index (χ2n) is 10.2. The third kappa shape index (κ3) is 7.39. The van der Waals surface area contributed by atoms with E-state index in [9.17, 15) is 19.5 Å². The highest BCUT2D eigenvalue weighted by Crippen LogP contribution is 2.29. The summed E-state index contributed by atoms with van der Waals surface area (Å²) in [5.41, 5.74) is 1.62. The van der Waals surface area contributed by atoms with E-state index in [2.05, 4.69) is 49.6 Å². The van der Waals surface area contributed by atoms with Crippen molar-refractivity contribution < 1.29 is 24.2 Å². The fourth-order valence-corrected chi connectivity index (χ4v) is 4.84. The molecule has 2 amide bonds. The molecule has 0 spiro atoms. The van der Waals surface area contributed by atoms with Crippen LogP contribution in [0.25, 0.3) is 0 Å². The molecule has 38 heavy (non-hydrogen) atoms. The van der Waals surface area contributed by atoms with Crippen molar-refractivity contribution >= 4 is 17.6 Å². The summed E-state index contributed by atoms with van der Waals surface area (Å²) in [5.74, 6) is -1.36. The molecule has 2 aromatic rings. The van der Waals surface area contributed by atoms with Gasteiger partial charge in [0.15, 0.2) is 5.78 Å². The summed E-state index contributed by atoms with van der Waals surface area (Å²) in [7, 11) is 0. The van der Waals surface area contributed by atoms with Crippen molar-refractivity contribution in [3.05, 3.63) is 77.9 Å². The van der Waals surface area contributed by atoms with E-state index in [0.29, 0.717) is 18.9 Å². The summed E-state index contributed by atoms with van der Waals surface area (Å²) < 4.78 is 5.78. The normalized spacial score (nSPS) is 15.7. The van der Waals surface area contributed by atoms with E-state index >= 15 is 0 Å². The lowest BCUT2D eigenvalue weighted by atomic mass is 9.90. The molecule has 7 heteroatoms. The van der Waals surface area contributed by atoms with E-state index in [-0.39, 0.29) is 22.7 Å². The average Bonchev–Trinajstić information content (AvgIpc) is 3.10. The topological polar surface area (TPSA) is 87.2 Å². The number of nitrogens with zero attached hydrogens (tertiary/aromatic N) is 2. The van der Waals surface area contributed by atoms with Gasteiger partial charge in [-0.1, -0.05) is 42.8 Å². The van der Waals surface area contributed by atoms with Crippen LogP contribution < -0.4 is 0 Å². The molecule has 0 saturated heterocycles. The van der Waals surface area contributed by atoms with Crippen LogP contribution in [0.1, 0.15) is 79.2 Å². The fraction of sp³-hybridized carbons (Fsp3) is 0.452. The van der Waals surface area contributed by atoms with Gasteiger partial charge >= 0.3 is 0 Å². The standard InChI is InChI=1S/C16H25NO.C15H15NO4/c1-14(2)17(16-9-6-10-16)11-12-18-13-15-7-4-3-5-8-15;1-3-4-5-13(9(2)17)16-14(19)11-7-6-10(18)8-12(11)15(16)20/h3-5,7-8,14,16H,6,9-13H2,1-2H3;3,6-8,13,18H,1,4-5H2,2H3. The SMILES string of the molecule is C=CCCC(C(C)=O)N1C(=O)c2ccc(O)cc2C1=O.CC(C)N(CCOCc1ccccc1)C1CCC1. The number of allylic oxidation sites excluding steroid dienone is 1. The van der Waals surface area contributed by atoms with Crippen molar-refractivity contribution in [3.63, 3.8) is 0 Å². The summed E-state index contributed by atoms with van der Waals surface area (Å²) in [6, 6.07) is 15.1. The highest BCUT2D eigenvalue weighted by atomic mass is 16.5. The van der Waals surface area contributed by atoms with Crippen molar-refractivity contribution in [2.24, 2.45) is 0 Å². The van der Waals surface area contributed by atoms with Crippen LogP contribution in [0.4, 0.5) is 0 Å². The van der Waals surface area contributed by atoms with E-state index in [4.69, 9.17) is 4.74 Å². The molecular formula is C31H40N2O5. The van der Waals surface area contributed by atoms with Gasteiger partial charge in [0, 0.05) is 18.6 Å². The van der Waals surface area contributed by atoms with Gasteiger partial charge < -0.3 is 9.84 Å². The van der Waals surface area contributed by atoms with Crippen LogP contribution >= 0.6 is 0 Å². The minimum Gasteiger partial charge on any atom is -0.508 e. The molecule has 1 heterocycles. The molecule has 1 aliphatic heterocycles. The summed E-state index contributed by atoms with van der Waals surface area (Å²) in [4.78, 5) is 39.8. The Morgan fingerprint density at radius 1 is 1.13 bits per heavy atom. The zero-order chi connectivity index (χ0) is 27.7. The zero-order valence-electron chi connectivity index (χ0n) is 22.8. The lowest BCUT2D eigenvalue weighted by Crippen LogP contribution is -2.45. The minimum atomic E-state index is -0.789. The lowest BCUT2D eigenvalue weighted by molar-refractivity contribution is -0.120. The number of carbonyl (C=O) groups is 3. The molecule has 0 radical (unpaired) electrons. The highest BCUT2D eigenvalue weighted by molar-refractivity contribution is 6.23. The van der Waals surface area contributed by atoms with Gasteiger partial charge in [-0.2, -0.15) is 0 Å². The molecule has 7 nitrogen and oxygen atoms in total. The summed E-state index contributed by atoms with van der Waals surface area (Å²) >= 11 is 0. The van der Waals surface area contributed by atoms with Gasteiger partial charge in [0.25, 0.3) is 11.8 Å². The van der Waals surface area contributed by atoms with Gasteiger partial charge in [0.05, 0.1) is 30.4 Å². The average molecular weight is 521 g/mol. The highest BCUT2D eigenvalue weighted by Gasteiger charge is 2.41. The number of phenols is 1. The molecule has 1 aliphatic carbocycles. The van der Waals surface area contributed by atoms with Crippen LogP contribution in [0.2, 0.25) is 0 Å². The van der Waals surface area contributed by atoms with Crippen LogP contribution in [0.3, 0.4) is 0 Å². The van der Waals surface area contributed by atoms with Crippen LogP contribution in [-0.2, 0) is 16.1 Å². The predicted molar refractivity (Wildman–Crippen MR) is 148 cm³/mol. The van der Waals surface area contributed by atoms with Gasteiger partial charge in [0.1, 0.15) is 5.75 Å². The van der Waals surface area contributed by atoms with Gasteiger partial charge in [-0.3, -0.25) is 24.2 Å². The number of fused-ring (bicyclic) bond motifs is 1. The quantitative estimate of drug-likeness (QED) is 0.230. The van der Waals surface area contributed by atoms with Gasteiger partial charge in [0.2, 0.25) is 0 Å². The number of aromatic hydroxyl groups is 1. The maximum atomic E-state index is 12.3. The van der Waals surface area contributed by atoms with Gasteiger partial charge in [-0.25, -0.2) is 0 Å². The Morgan fingerprint density at radius 2 is 1.82 bits per heavy atom. The smallest absolute Gasteiger partial charge is 0.262 e. The molecule has 1 saturated carbocycles. The van der Waals surface area contributed by atoms with Crippen LogP contribution in [0, 0.1) is 0 Å². The van der Waals surface area contributed by atoms with Crippen LogP contribution in [-0.4, -0.2) is 63.8 Å². The van der Waals surface area contributed by atoms with Crippen LogP contribution in [0.15, 0.2) is 61.2 Å². The number of hydrogen-bond acceptors (Lipinski definition) is 6. The predicted octanol–water partition coefficient (Wildman–Crippen LogP) is 5.38. The summed E-state index contributed by atoms with van der Waals surface area (Å²) in [6.45, 7) is 12.1. The third-order valence-corrected chi connectivity index (χ3v) is 7.14. The molecule has 1 atom stereocenters. The lowest BCUT2D eigenvalue weighted by Gasteiger charge is -2.40. The number of Topliss-reactive ketones (excluding diaryl/α,β-unsaturated/α-hetero) is 1. The number of phenolic OH excluding ortho intramolecular Hbond substituents is 1. The molecule has 2 aliphatic rings. The van der Waals surface area contributed by atoms with E-state index in [1.807, 2.05) is 6.07 Å². The van der Waals surface area contributed by atoms with Gasteiger partial charge in [-0.15, -0.1) is 6.58 Å². The number of hydrogen-bond donors (Lipinski definition) is 1. The number of rotatable bonds is 12. The Balaban J connectivity index is 0.000000212. The van der Waals surface area contributed by atoms with E-state index in [1.54, 1.807) is 6.08 Å². The largest absolute Gasteiger partial charge is 0.508 e. The first-order valence-corrected chi connectivity index (χ1v) is 13.4. The molecule has 1 N–H and O–H groups in total. The van der Waals surface area contributed by atoms with Crippen molar-refractivity contribution in [2.45, 2.75) is 77.6 Å². The number of ether oxygens (including phenoxy) is 1. The molecular weight excluding hydrogens is 480 g/mol. The number of amides is 2. The third-order valence-electron chi connectivity index (χ3n) is 7.14. The van der Waals surface area contributed by atoms with Crippen molar-refractivity contribution in [2.75, 3.05) is 13.2 Å². The fourth-order valence-electron chi connectivity index (χ4n) is 4.84. The maximum absolute atomic E-state index is 12.3. The van der Waals surface area contributed by atoms with Crippen molar-refractivity contribution in [1.29, 1.82) is 0 Å². The minimum absolute atomic E-state index is 0.0859. The first kappa shape index (κ1) is 29.3. The Morgan fingerprint density at radius 3 is 2.39 bits per heavy atom. The van der Waals surface area contributed by atoms with Crippen LogP contribution in [0.5, 0.6) is 5.75 Å². The van der Waals surface area contributed by atoms with E-state index in [1.165, 1.54) is 49.9 Å². The maximum Gasteiger partial charge on any atom is 0.262 e. The first-order chi connectivity index (χ1) is 18.2. The molecule has 2 aromatic carbocycles. The number of carbonyl (C=O) groups excluding carboxylic acids is 3. The Hall–Kier alpha value is -3.29. The monoisotopic (exact) mass is 520 g/mol. The number of ketones is 1. The van der Waals surface area contributed by atoms with E-state index in [0.717, 1.165) is 30.7 Å². The molecule has 1 unspecified atom stereocenters. The number of imide groups is 1. The molecule has 204 valence electrons. The molecule has 0 bridgehead atoms. The van der Waals surface area contributed by atoms with Crippen molar-refractivity contribution in [1.82, 2.24) is 9.80 Å². The second-order valence-corrected chi connectivity index (χ2v) is 10.2. The zero-order valence-corrected chi connectivity index (χ0v) is 22.8. The molecule has 4 rings (SSSR count). The molecule has 1 fully saturated rings.